The fourth-order valence-corrected chi connectivity index (χ4v) is 6.70. The van der Waals surface area contributed by atoms with Crippen LogP contribution in [0.25, 0.3) is 0 Å². The van der Waals surface area contributed by atoms with Crippen molar-refractivity contribution < 1.29 is 29.3 Å². The number of alkyl carbamates (subject to hydrolysis) is 1. The largest absolute Gasteiger partial charge is 0.444 e. The maximum absolute atomic E-state index is 14.5. The molecule has 2 aliphatic heterocycles. The second-order valence-corrected chi connectivity index (χ2v) is 11.9. The Balaban J connectivity index is 1.27. The van der Waals surface area contributed by atoms with E-state index in [-0.39, 0.29) is 18.3 Å². The number of aliphatic hydroxyl groups is 2. The number of carbonyl (C=O) groups is 2. The third-order valence-corrected chi connectivity index (χ3v) is 8.87. The third-order valence-electron chi connectivity index (χ3n) is 8.87. The smallest absolute Gasteiger partial charge is 0.407 e. The number of benzene rings is 3. The molecule has 1 fully saturated rings. The number of Topliss-reactive ketones (excluding diaryl/α,β-unsaturated/α-hetero) is 1. The summed E-state index contributed by atoms with van der Waals surface area (Å²) in [6.07, 6.45) is 0.790. The first-order chi connectivity index (χ1) is 20.9. The molecular formula is C35H38N2O6. The topological polar surface area (TPSA) is 117 Å². The highest BCUT2D eigenvalue weighted by atomic mass is 16.6. The van der Waals surface area contributed by atoms with Gasteiger partial charge < -0.3 is 30.3 Å². The van der Waals surface area contributed by atoms with E-state index in [1.54, 1.807) is 6.20 Å². The van der Waals surface area contributed by atoms with Crippen molar-refractivity contribution in [2.75, 3.05) is 13.2 Å². The van der Waals surface area contributed by atoms with Crippen LogP contribution in [0.4, 0.5) is 4.79 Å². The summed E-state index contributed by atoms with van der Waals surface area (Å²) in [7, 11) is 0. The molecule has 8 heteroatoms. The van der Waals surface area contributed by atoms with E-state index in [0.717, 1.165) is 22.3 Å². The predicted molar refractivity (Wildman–Crippen MR) is 161 cm³/mol. The van der Waals surface area contributed by atoms with E-state index < -0.39 is 35.8 Å². The molecule has 4 N–H and O–H groups in total. The first kappa shape index (κ1) is 29.1. The molecule has 1 unspecified atom stereocenters. The Hall–Kier alpha value is -3.98. The summed E-state index contributed by atoms with van der Waals surface area (Å²) < 4.78 is 10.9. The summed E-state index contributed by atoms with van der Waals surface area (Å²) in [5, 5.41) is 29.1. The molecule has 3 aliphatic rings. The Morgan fingerprint density at radius 3 is 2.44 bits per heavy atom. The van der Waals surface area contributed by atoms with Crippen molar-refractivity contribution in [3.63, 3.8) is 0 Å². The second kappa shape index (κ2) is 12.7. The fourth-order valence-electron chi connectivity index (χ4n) is 6.70. The van der Waals surface area contributed by atoms with Gasteiger partial charge in [0.15, 0.2) is 5.78 Å². The Labute approximate surface area is 251 Å². The van der Waals surface area contributed by atoms with Crippen LogP contribution < -0.4 is 10.6 Å². The van der Waals surface area contributed by atoms with E-state index in [2.05, 4.69) is 10.6 Å². The molecule has 6 atom stereocenters. The van der Waals surface area contributed by atoms with Crippen molar-refractivity contribution >= 4 is 11.9 Å². The van der Waals surface area contributed by atoms with E-state index in [1.807, 2.05) is 84.9 Å². The number of hydrogen-bond acceptors (Lipinski definition) is 7. The van der Waals surface area contributed by atoms with E-state index in [4.69, 9.17) is 9.47 Å². The van der Waals surface area contributed by atoms with Gasteiger partial charge in [-0.3, -0.25) is 4.79 Å². The molecule has 3 aromatic rings. The molecule has 224 valence electrons. The first-order valence-electron chi connectivity index (χ1n) is 15.0. The SMILES string of the molecule is O=C(N[C@@H](Cc1ccccc1)[C@@H](O)C[C@]1(Cc2ccccc2)NC=C(C2c3ccccc3C[C@H]2O)C1=O)O[C@H]1CCOC1. The third kappa shape index (κ3) is 6.37. The number of amides is 1. The van der Waals surface area contributed by atoms with Gasteiger partial charge in [-0.1, -0.05) is 84.9 Å². The van der Waals surface area contributed by atoms with Crippen molar-refractivity contribution in [1.29, 1.82) is 0 Å². The number of rotatable bonds is 10. The van der Waals surface area contributed by atoms with Gasteiger partial charge in [-0.05, 0) is 35.1 Å². The van der Waals surface area contributed by atoms with Crippen LogP contribution in [0, 0.1) is 0 Å². The van der Waals surface area contributed by atoms with Crippen LogP contribution in [0.1, 0.15) is 41.0 Å². The van der Waals surface area contributed by atoms with Crippen LogP contribution >= 0.6 is 0 Å². The molecule has 0 spiro atoms. The van der Waals surface area contributed by atoms with Crippen molar-refractivity contribution in [3.8, 4) is 0 Å². The Bertz CT molecular complexity index is 1460. The highest BCUT2D eigenvalue weighted by Crippen LogP contribution is 2.43. The van der Waals surface area contributed by atoms with Crippen LogP contribution in [0.15, 0.2) is 96.7 Å². The highest BCUT2D eigenvalue weighted by molar-refractivity contribution is 6.06. The van der Waals surface area contributed by atoms with Gasteiger partial charge in [0.05, 0.1) is 31.5 Å². The second-order valence-electron chi connectivity index (χ2n) is 11.9. The van der Waals surface area contributed by atoms with Gasteiger partial charge in [-0.2, -0.15) is 0 Å². The number of hydrogen-bond donors (Lipinski definition) is 4. The zero-order valence-electron chi connectivity index (χ0n) is 24.0. The van der Waals surface area contributed by atoms with Crippen LogP contribution in [0.2, 0.25) is 0 Å². The molecular weight excluding hydrogens is 544 g/mol. The number of nitrogens with one attached hydrogen (secondary N) is 2. The molecule has 0 bridgehead atoms. The van der Waals surface area contributed by atoms with E-state index in [0.29, 0.717) is 44.5 Å². The minimum Gasteiger partial charge on any atom is -0.444 e. The minimum absolute atomic E-state index is 0.0372. The van der Waals surface area contributed by atoms with Crippen molar-refractivity contribution in [2.24, 2.45) is 0 Å². The fraction of sp³-hybridized carbons (Fsp3) is 0.371. The summed E-state index contributed by atoms with van der Waals surface area (Å²) in [5.74, 6) is -0.604. The summed E-state index contributed by atoms with van der Waals surface area (Å²) >= 11 is 0. The number of carbonyl (C=O) groups excluding carboxylic acids is 2. The van der Waals surface area contributed by atoms with Gasteiger partial charge in [-0.25, -0.2) is 4.79 Å². The van der Waals surface area contributed by atoms with Gasteiger partial charge in [0.25, 0.3) is 0 Å². The molecule has 0 saturated carbocycles. The summed E-state index contributed by atoms with van der Waals surface area (Å²) in [6, 6.07) is 26.4. The normalized spacial score (nSPS) is 25.9. The lowest BCUT2D eigenvalue weighted by atomic mass is 9.76. The number of aliphatic hydroxyl groups excluding tert-OH is 2. The number of ether oxygens (including phenoxy) is 2. The summed E-state index contributed by atoms with van der Waals surface area (Å²) in [4.78, 5) is 27.4. The zero-order valence-corrected chi connectivity index (χ0v) is 24.0. The average molecular weight is 583 g/mol. The maximum atomic E-state index is 14.5. The van der Waals surface area contributed by atoms with Gasteiger partial charge in [0, 0.05) is 37.0 Å². The van der Waals surface area contributed by atoms with E-state index >= 15 is 0 Å². The van der Waals surface area contributed by atoms with Crippen LogP contribution in [0.3, 0.4) is 0 Å². The minimum atomic E-state index is -1.17. The monoisotopic (exact) mass is 582 g/mol. The Kier molecular flexibility index (Phi) is 8.61. The number of ketones is 1. The maximum Gasteiger partial charge on any atom is 0.407 e. The van der Waals surface area contributed by atoms with Crippen LogP contribution in [0.5, 0.6) is 0 Å². The van der Waals surface area contributed by atoms with Gasteiger partial charge in [0.2, 0.25) is 0 Å². The lowest BCUT2D eigenvalue weighted by Gasteiger charge is -2.35. The van der Waals surface area contributed by atoms with Crippen molar-refractivity contribution in [3.05, 3.63) is 119 Å². The molecule has 0 radical (unpaired) electrons. The van der Waals surface area contributed by atoms with Crippen LogP contribution in [-0.4, -0.2) is 65.2 Å². The molecule has 1 aliphatic carbocycles. The molecule has 6 rings (SSSR count). The lowest BCUT2D eigenvalue weighted by molar-refractivity contribution is -0.122. The van der Waals surface area contributed by atoms with Crippen LogP contribution in [-0.2, 0) is 33.5 Å². The zero-order chi connectivity index (χ0) is 29.8. The van der Waals surface area contributed by atoms with E-state index in [9.17, 15) is 19.8 Å². The Morgan fingerprint density at radius 1 is 1.02 bits per heavy atom. The first-order valence-corrected chi connectivity index (χ1v) is 15.0. The quantitative estimate of drug-likeness (QED) is 0.289. The summed E-state index contributed by atoms with van der Waals surface area (Å²) in [5.41, 5.74) is 3.19. The number of fused-ring (bicyclic) bond motifs is 1. The van der Waals surface area contributed by atoms with Crippen molar-refractivity contribution in [1.82, 2.24) is 10.6 Å². The van der Waals surface area contributed by atoms with Crippen molar-refractivity contribution in [2.45, 2.75) is 67.9 Å². The molecule has 2 heterocycles. The Morgan fingerprint density at radius 2 is 1.72 bits per heavy atom. The molecule has 0 aromatic heterocycles. The highest BCUT2D eigenvalue weighted by Gasteiger charge is 2.50. The lowest BCUT2D eigenvalue weighted by Crippen LogP contribution is -2.55. The molecule has 8 nitrogen and oxygen atoms in total. The molecule has 43 heavy (non-hydrogen) atoms. The average Bonchev–Trinajstić information content (AvgIpc) is 3.72. The standard InChI is InChI=1S/C35H38N2O6/c38-30-18-25-13-7-8-14-27(25)32(30)28-21-36-35(33(28)40,19-24-11-5-2-6-12-24)20-31(39)29(17-23-9-3-1-4-10-23)37-34(41)43-26-15-16-42-22-26/h1-14,21,26,29-32,36,38-39H,15-20,22H2,(H,37,41)/t26-,29-,30+,31-,32?,35-/m0/s1. The molecule has 3 aromatic carbocycles. The van der Waals surface area contributed by atoms with Gasteiger partial charge >= 0.3 is 6.09 Å². The summed E-state index contributed by atoms with van der Waals surface area (Å²) in [6.45, 7) is 0.891. The molecule has 1 amide bonds. The van der Waals surface area contributed by atoms with Gasteiger partial charge in [0.1, 0.15) is 11.6 Å². The predicted octanol–water partition coefficient (Wildman–Crippen LogP) is 3.60. The van der Waals surface area contributed by atoms with Gasteiger partial charge in [-0.15, -0.1) is 0 Å². The van der Waals surface area contributed by atoms with E-state index in [1.165, 1.54) is 0 Å². The molecule has 1 saturated heterocycles.